The first-order valence-electron chi connectivity index (χ1n) is 10.4. The highest BCUT2D eigenvalue weighted by Gasteiger charge is 2.48. The van der Waals surface area contributed by atoms with Gasteiger partial charge in [-0.05, 0) is 49.7 Å². The Labute approximate surface area is 187 Å². The van der Waals surface area contributed by atoms with Gasteiger partial charge in [-0.2, -0.15) is 5.26 Å². The number of fused-ring (bicyclic) bond motifs is 1. The van der Waals surface area contributed by atoms with Gasteiger partial charge in [0.1, 0.15) is 30.1 Å². The summed E-state index contributed by atoms with van der Waals surface area (Å²) in [6, 6.07) is 24.5. The largest absolute Gasteiger partial charge is 0.485 e. The number of amides is 1. The van der Waals surface area contributed by atoms with Crippen LogP contribution in [0.5, 0.6) is 5.75 Å². The fraction of sp³-hybridized carbons (Fsp3) is 0.231. The third-order valence-electron chi connectivity index (χ3n) is 5.53. The molecule has 6 heteroatoms. The van der Waals surface area contributed by atoms with Gasteiger partial charge >= 0.3 is 0 Å². The van der Waals surface area contributed by atoms with Crippen LogP contribution in [0.1, 0.15) is 46.9 Å². The van der Waals surface area contributed by atoms with Crippen LogP contribution in [0, 0.1) is 11.3 Å². The smallest absolute Gasteiger partial charge is 0.278 e. The Kier molecular flexibility index (Phi) is 5.95. The van der Waals surface area contributed by atoms with Gasteiger partial charge in [0.15, 0.2) is 0 Å². The first-order chi connectivity index (χ1) is 15.4. The fourth-order valence-corrected chi connectivity index (χ4v) is 3.78. The van der Waals surface area contributed by atoms with Gasteiger partial charge in [0.05, 0.1) is 11.6 Å². The molecule has 0 saturated heterocycles. The molecule has 0 unspecified atom stereocenters. The van der Waals surface area contributed by atoms with Crippen LogP contribution in [0.3, 0.4) is 0 Å². The molecule has 162 valence electrons. The highest BCUT2D eigenvalue weighted by atomic mass is 16.7. The number of hydroxylamine groups is 2. The number of aliphatic hydroxyl groups excluding tert-OH is 1. The summed E-state index contributed by atoms with van der Waals surface area (Å²) in [4.78, 5) is 19.6. The lowest BCUT2D eigenvalue weighted by atomic mass is 9.85. The molecule has 0 aliphatic carbocycles. The molecular weight excluding hydrogens is 404 g/mol. The zero-order valence-corrected chi connectivity index (χ0v) is 17.9. The normalized spacial score (nSPS) is 18.7. The first kappa shape index (κ1) is 21.6. The van der Waals surface area contributed by atoms with Crippen molar-refractivity contribution in [2.24, 2.45) is 0 Å². The molecule has 0 bridgehead atoms. The molecule has 6 nitrogen and oxygen atoms in total. The minimum Gasteiger partial charge on any atom is -0.485 e. The number of nitrogens with zero attached hydrogens (tertiary/aromatic N) is 2. The van der Waals surface area contributed by atoms with Crippen molar-refractivity contribution in [1.29, 1.82) is 5.26 Å². The van der Waals surface area contributed by atoms with Gasteiger partial charge in [-0.15, -0.1) is 0 Å². The van der Waals surface area contributed by atoms with Gasteiger partial charge in [-0.25, -0.2) is 5.06 Å². The molecule has 0 fully saturated rings. The second-order valence-electron chi connectivity index (χ2n) is 8.22. The van der Waals surface area contributed by atoms with Crippen molar-refractivity contribution in [3.8, 4) is 11.8 Å². The van der Waals surface area contributed by atoms with E-state index in [9.17, 15) is 15.2 Å². The Bertz CT molecular complexity index is 1140. The van der Waals surface area contributed by atoms with E-state index in [-0.39, 0.29) is 6.61 Å². The zero-order chi connectivity index (χ0) is 22.7. The van der Waals surface area contributed by atoms with Crippen LogP contribution in [-0.4, -0.2) is 27.8 Å². The standard InChI is InChI=1S/C26H24N2O4/c1-26(2)24(29)23(21-15-19(16-27)13-14-22(21)32-26)28(25(30)20-11-7-4-8-12-20)31-17-18-9-5-3-6-10-18/h3-15,23-24,29H,17H2,1-2H3/t23-,24+/m0/s1. The number of hydrogen-bond donors (Lipinski definition) is 1. The average molecular weight is 428 g/mol. The second-order valence-corrected chi connectivity index (χ2v) is 8.22. The maximum atomic E-state index is 13.6. The molecular formula is C26H24N2O4. The van der Waals surface area contributed by atoms with Gasteiger partial charge in [0.2, 0.25) is 0 Å². The van der Waals surface area contributed by atoms with Gasteiger partial charge in [0.25, 0.3) is 5.91 Å². The number of benzene rings is 3. The van der Waals surface area contributed by atoms with E-state index in [1.54, 1.807) is 56.3 Å². The third kappa shape index (κ3) is 4.22. The second kappa shape index (κ2) is 8.83. The Morgan fingerprint density at radius 3 is 2.41 bits per heavy atom. The van der Waals surface area contributed by atoms with E-state index < -0.39 is 23.7 Å². The van der Waals surface area contributed by atoms with Crippen LogP contribution in [0.4, 0.5) is 0 Å². The van der Waals surface area contributed by atoms with Crippen molar-refractivity contribution in [3.63, 3.8) is 0 Å². The number of carbonyl (C=O) groups excluding carboxylic acids is 1. The Morgan fingerprint density at radius 2 is 1.75 bits per heavy atom. The summed E-state index contributed by atoms with van der Waals surface area (Å²) in [5.41, 5.74) is 1.24. The molecule has 4 rings (SSSR count). The van der Waals surface area contributed by atoms with Gasteiger partial charge in [0, 0.05) is 11.1 Å². The lowest BCUT2D eigenvalue weighted by Gasteiger charge is -2.45. The van der Waals surface area contributed by atoms with Crippen LogP contribution >= 0.6 is 0 Å². The molecule has 3 aromatic carbocycles. The summed E-state index contributed by atoms with van der Waals surface area (Å²) in [5, 5.41) is 21.9. The average Bonchev–Trinajstić information content (AvgIpc) is 2.82. The minimum absolute atomic E-state index is 0.136. The fourth-order valence-electron chi connectivity index (χ4n) is 3.78. The number of nitriles is 1. The van der Waals surface area contributed by atoms with Crippen LogP contribution < -0.4 is 4.74 Å². The van der Waals surface area contributed by atoms with Crippen LogP contribution in [0.25, 0.3) is 0 Å². The van der Waals surface area contributed by atoms with E-state index in [4.69, 9.17) is 9.57 Å². The quantitative estimate of drug-likeness (QED) is 0.609. The number of ether oxygens (including phenoxy) is 1. The number of carbonyl (C=O) groups is 1. The molecule has 32 heavy (non-hydrogen) atoms. The minimum atomic E-state index is -1.10. The van der Waals surface area contributed by atoms with Gasteiger partial charge in [-0.3, -0.25) is 9.63 Å². The third-order valence-corrected chi connectivity index (χ3v) is 5.53. The predicted molar refractivity (Wildman–Crippen MR) is 118 cm³/mol. The van der Waals surface area contributed by atoms with E-state index in [1.807, 2.05) is 36.4 Å². The molecule has 3 aromatic rings. The zero-order valence-electron chi connectivity index (χ0n) is 17.9. The Morgan fingerprint density at radius 1 is 1.09 bits per heavy atom. The lowest BCUT2D eigenvalue weighted by molar-refractivity contribution is -0.206. The molecule has 1 amide bonds. The molecule has 0 saturated carbocycles. The summed E-state index contributed by atoms with van der Waals surface area (Å²) in [7, 11) is 0. The Hall–Kier alpha value is -3.66. The number of rotatable bonds is 5. The van der Waals surface area contributed by atoms with E-state index in [1.165, 1.54) is 5.06 Å². The molecule has 1 heterocycles. The van der Waals surface area contributed by atoms with Crippen molar-refractivity contribution < 1.29 is 19.5 Å². The van der Waals surface area contributed by atoms with E-state index >= 15 is 0 Å². The summed E-state index contributed by atoms with van der Waals surface area (Å²) < 4.78 is 6.01. The molecule has 0 spiro atoms. The van der Waals surface area contributed by atoms with Crippen LogP contribution in [0.15, 0.2) is 78.9 Å². The number of hydrogen-bond acceptors (Lipinski definition) is 5. The van der Waals surface area contributed by atoms with Crippen LogP contribution in [-0.2, 0) is 11.4 Å². The highest BCUT2D eigenvalue weighted by molar-refractivity contribution is 5.93. The molecule has 1 aliphatic heterocycles. The summed E-state index contributed by atoms with van der Waals surface area (Å²) in [6.07, 6.45) is -1.10. The van der Waals surface area contributed by atoms with Gasteiger partial charge in [-0.1, -0.05) is 48.5 Å². The first-order valence-corrected chi connectivity index (χ1v) is 10.4. The van der Waals surface area contributed by atoms with E-state index in [2.05, 4.69) is 6.07 Å². The van der Waals surface area contributed by atoms with Crippen molar-refractivity contribution in [2.75, 3.05) is 0 Å². The van der Waals surface area contributed by atoms with Crippen molar-refractivity contribution in [3.05, 3.63) is 101 Å². The molecule has 0 radical (unpaired) electrons. The number of aliphatic hydroxyl groups is 1. The lowest BCUT2D eigenvalue weighted by Crippen LogP contribution is -2.54. The summed E-state index contributed by atoms with van der Waals surface area (Å²) in [5.74, 6) is 0.107. The molecule has 0 aromatic heterocycles. The van der Waals surface area contributed by atoms with Gasteiger partial charge < -0.3 is 9.84 Å². The predicted octanol–water partition coefficient (Wildman–Crippen LogP) is 4.41. The van der Waals surface area contributed by atoms with E-state index in [0.29, 0.717) is 22.4 Å². The molecule has 1 N–H and O–H groups in total. The van der Waals surface area contributed by atoms with E-state index in [0.717, 1.165) is 5.56 Å². The molecule has 1 aliphatic rings. The van der Waals surface area contributed by atoms with Crippen molar-refractivity contribution in [1.82, 2.24) is 5.06 Å². The van der Waals surface area contributed by atoms with Crippen LogP contribution in [0.2, 0.25) is 0 Å². The maximum Gasteiger partial charge on any atom is 0.278 e. The summed E-state index contributed by atoms with van der Waals surface area (Å²) in [6.45, 7) is 3.65. The summed E-state index contributed by atoms with van der Waals surface area (Å²) >= 11 is 0. The monoisotopic (exact) mass is 428 g/mol. The van der Waals surface area contributed by atoms with Crippen molar-refractivity contribution in [2.45, 2.75) is 38.2 Å². The highest BCUT2D eigenvalue weighted by Crippen LogP contribution is 2.44. The molecule has 2 atom stereocenters. The maximum absolute atomic E-state index is 13.6. The Balaban J connectivity index is 1.80. The topological polar surface area (TPSA) is 82.8 Å². The SMILES string of the molecule is CC1(C)Oc2ccc(C#N)cc2[C@H](N(OCc2ccccc2)C(=O)c2ccccc2)[C@H]1O. The van der Waals surface area contributed by atoms with Crippen molar-refractivity contribution >= 4 is 5.91 Å².